The average Bonchev–Trinajstić information content (AvgIpc) is 2.63. The first-order valence-electron chi connectivity index (χ1n) is 4.69. The number of rotatable bonds is 2. The molecule has 2 aromatic rings. The number of hydrogen-bond acceptors (Lipinski definition) is 3. The molecule has 0 saturated heterocycles. The van der Waals surface area contributed by atoms with Gasteiger partial charge < -0.3 is 5.21 Å². The van der Waals surface area contributed by atoms with E-state index in [9.17, 15) is 0 Å². The Labute approximate surface area is 97.8 Å². The molecule has 2 rings (SSSR count). The highest BCUT2D eigenvalue weighted by Crippen LogP contribution is 2.17. The van der Waals surface area contributed by atoms with Crippen LogP contribution in [-0.4, -0.2) is 21.0 Å². The molecular weight excluding hydrogens is 226 g/mol. The van der Waals surface area contributed by atoms with Crippen LogP contribution < -0.4 is 0 Å². The average molecular weight is 236 g/mol. The Morgan fingerprint density at radius 3 is 2.69 bits per heavy atom. The maximum Gasteiger partial charge on any atom is 0.156 e. The fourth-order valence-electron chi connectivity index (χ4n) is 1.42. The molecule has 5 heteroatoms. The molecule has 82 valence electrons. The lowest BCUT2D eigenvalue weighted by Gasteiger charge is -2.04. The van der Waals surface area contributed by atoms with E-state index in [1.54, 1.807) is 10.9 Å². The predicted molar refractivity (Wildman–Crippen MR) is 62.7 cm³/mol. The molecule has 0 spiro atoms. The van der Waals surface area contributed by atoms with Gasteiger partial charge in [0, 0.05) is 5.69 Å². The van der Waals surface area contributed by atoms with E-state index in [1.165, 1.54) is 11.8 Å². The Morgan fingerprint density at radius 1 is 1.38 bits per heavy atom. The Bertz CT molecular complexity index is 517. The lowest BCUT2D eigenvalue weighted by Crippen LogP contribution is -1.98. The van der Waals surface area contributed by atoms with Crippen molar-refractivity contribution in [1.82, 2.24) is 9.55 Å². The summed E-state index contributed by atoms with van der Waals surface area (Å²) in [5.41, 5.74) is 2.64. The number of nitrogens with zero attached hydrogens (tertiary/aromatic N) is 3. The third kappa shape index (κ3) is 1.92. The zero-order chi connectivity index (χ0) is 11.5. The topological polar surface area (TPSA) is 50.4 Å². The molecule has 0 bridgehead atoms. The highest BCUT2D eigenvalue weighted by atomic mass is 35.5. The summed E-state index contributed by atoms with van der Waals surface area (Å²) in [7, 11) is 0. The molecule has 0 unspecified atom stereocenters. The first-order valence-corrected chi connectivity index (χ1v) is 5.07. The van der Waals surface area contributed by atoms with Crippen molar-refractivity contribution >= 4 is 17.8 Å². The maximum absolute atomic E-state index is 8.55. The largest absolute Gasteiger partial charge is 0.411 e. The van der Waals surface area contributed by atoms with Crippen LogP contribution in [0.4, 0.5) is 0 Å². The monoisotopic (exact) mass is 235 g/mol. The molecule has 16 heavy (non-hydrogen) atoms. The van der Waals surface area contributed by atoms with Crippen LogP contribution in [-0.2, 0) is 0 Å². The van der Waals surface area contributed by atoms with Crippen molar-refractivity contribution in [3.05, 3.63) is 47.0 Å². The van der Waals surface area contributed by atoms with Gasteiger partial charge in [0.2, 0.25) is 0 Å². The van der Waals surface area contributed by atoms with Crippen LogP contribution in [0.25, 0.3) is 5.69 Å². The summed E-state index contributed by atoms with van der Waals surface area (Å²) >= 11 is 5.87. The summed E-state index contributed by atoms with van der Waals surface area (Å²) < 4.78 is 1.75. The Morgan fingerprint density at radius 2 is 2.06 bits per heavy atom. The third-order valence-corrected chi connectivity index (χ3v) is 2.54. The van der Waals surface area contributed by atoms with E-state index in [4.69, 9.17) is 16.8 Å². The fourth-order valence-corrected chi connectivity index (χ4v) is 1.60. The normalized spacial score (nSPS) is 11.1. The van der Waals surface area contributed by atoms with Crippen molar-refractivity contribution in [3.63, 3.8) is 0 Å². The van der Waals surface area contributed by atoms with Crippen molar-refractivity contribution in [2.45, 2.75) is 6.92 Å². The third-order valence-electron chi connectivity index (χ3n) is 2.25. The number of hydrogen-bond donors (Lipinski definition) is 1. The fraction of sp³-hybridized carbons (Fsp3) is 0.0909. The van der Waals surface area contributed by atoms with Crippen molar-refractivity contribution in [2.75, 3.05) is 0 Å². The lowest BCUT2D eigenvalue weighted by atomic mass is 10.2. The Hall–Kier alpha value is -1.81. The molecule has 0 atom stereocenters. The molecule has 0 fully saturated rings. The molecule has 0 radical (unpaired) electrons. The molecule has 4 nitrogen and oxygen atoms in total. The molecule has 1 heterocycles. The van der Waals surface area contributed by atoms with Crippen LogP contribution in [0, 0.1) is 6.92 Å². The summed E-state index contributed by atoms with van der Waals surface area (Å²) in [6.45, 7) is 2.01. The molecule has 0 aliphatic carbocycles. The van der Waals surface area contributed by atoms with Gasteiger partial charge in [0.15, 0.2) is 5.15 Å². The van der Waals surface area contributed by atoms with Gasteiger partial charge in [-0.1, -0.05) is 34.5 Å². The summed E-state index contributed by atoms with van der Waals surface area (Å²) in [4.78, 5) is 3.96. The van der Waals surface area contributed by atoms with Crippen LogP contribution in [0.3, 0.4) is 0 Å². The van der Waals surface area contributed by atoms with Gasteiger partial charge in [-0.15, -0.1) is 0 Å². The molecular formula is C11H10ClN3O. The SMILES string of the molecule is Cc1ccc(-n2cnc(Cl)c2C=NO)cc1. The first-order chi connectivity index (χ1) is 7.72. The van der Waals surface area contributed by atoms with E-state index in [0.717, 1.165) is 5.69 Å². The van der Waals surface area contributed by atoms with Crippen molar-refractivity contribution in [1.29, 1.82) is 0 Å². The zero-order valence-electron chi connectivity index (χ0n) is 8.63. The number of halogens is 1. The van der Waals surface area contributed by atoms with E-state index >= 15 is 0 Å². The number of benzene rings is 1. The van der Waals surface area contributed by atoms with E-state index in [1.807, 2.05) is 31.2 Å². The zero-order valence-corrected chi connectivity index (χ0v) is 9.39. The van der Waals surface area contributed by atoms with Gasteiger partial charge in [-0.25, -0.2) is 4.98 Å². The minimum Gasteiger partial charge on any atom is -0.411 e. The van der Waals surface area contributed by atoms with Gasteiger partial charge in [-0.3, -0.25) is 4.57 Å². The van der Waals surface area contributed by atoms with Crippen LogP contribution in [0.1, 0.15) is 11.3 Å². The molecule has 0 saturated carbocycles. The standard InChI is InChI=1S/C11H10ClN3O/c1-8-2-4-9(5-3-8)15-7-13-11(12)10(15)6-14-16/h2-7,16H,1H3. The second kappa shape index (κ2) is 4.37. The molecule has 0 amide bonds. The highest BCUT2D eigenvalue weighted by Gasteiger charge is 2.08. The first kappa shape index (κ1) is 10.7. The Kier molecular flexibility index (Phi) is 2.92. The predicted octanol–water partition coefficient (Wildman–Crippen LogP) is 2.64. The second-order valence-corrected chi connectivity index (χ2v) is 3.73. The van der Waals surface area contributed by atoms with Gasteiger partial charge >= 0.3 is 0 Å². The van der Waals surface area contributed by atoms with Gasteiger partial charge in [-0.05, 0) is 19.1 Å². The molecule has 0 aliphatic rings. The van der Waals surface area contributed by atoms with Crippen molar-refractivity contribution < 1.29 is 5.21 Å². The minimum atomic E-state index is 0.304. The van der Waals surface area contributed by atoms with Crippen LogP contribution in [0.15, 0.2) is 35.7 Å². The number of oxime groups is 1. The smallest absolute Gasteiger partial charge is 0.156 e. The van der Waals surface area contributed by atoms with E-state index < -0.39 is 0 Å². The van der Waals surface area contributed by atoms with Crippen LogP contribution in [0.5, 0.6) is 0 Å². The number of aryl methyl sites for hydroxylation is 1. The molecule has 1 N–H and O–H groups in total. The van der Waals surface area contributed by atoms with Crippen molar-refractivity contribution in [2.24, 2.45) is 5.16 Å². The highest BCUT2D eigenvalue weighted by molar-refractivity contribution is 6.31. The summed E-state index contributed by atoms with van der Waals surface area (Å²) in [6.07, 6.45) is 2.85. The Balaban J connectivity index is 2.51. The van der Waals surface area contributed by atoms with Gasteiger partial charge in [0.25, 0.3) is 0 Å². The minimum absolute atomic E-state index is 0.304. The van der Waals surface area contributed by atoms with Crippen LogP contribution in [0.2, 0.25) is 5.15 Å². The van der Waals surface area contributed by atoms with Gasteiger partial charge in [0.1, 0.15) is 12.0 Å². The van der Waals surface area contributed by atoms with E-state index in [0.29, 0.717) is 10.8 Å². The van der Waals surface area contributed by atoms with Gasteiger partial charge in [0.05, 0.1) is 6.21 Å². The molecule has 1 aromatic carbocycles. The summed E-state index contributed by atoms with van der Waals surface area (Å²) in [5.74, 6) is 0. The van der Waals surface area contributed by atoms with Crippen molar-refractivity contribution in [3.8, 4) is 5.69 Å². The quantitative estimate of drug-likeness (QED) is 0.494. The molecule has 1 aromatic heterocycles. The van der Waals surface area contributed by atoms with Crippen LogP contribution >= 0.6 is 11.6 Å². The summed E-state index contributed by atoms with van der Waals surface area (Å²) in [5, 5.41) is 11.8. The van der Waals surface area contributed by atoms with Gasteiger partial charge in [-0.2, -0.15) is 0 Å². The molecule has 0 aliphatic heterocycles. The second-order valence-electron chi connectivity index (χ2n) is 3.37. The number of aromatic nitrogens is 2. The van der Waals surface area contributed by atoms with E-state index in [-0.39, 0.29) is 0 Å². The van der Waals surface area contributed by atoms with E-state index in [2.05, 4.69) is 10.1 Å². The summed E-state index contributed by atoms with van der Waals surface area (Å²) in [6, 6.07) is 7.87. The number of imidazole rings is 1. The lowest BCUT2D eigenvalue weighted by molar-refractivity contribution is 0.321. The maximum atomic E-state index is 8.55.